The van der Waals surface area contributed by atoms with Crippen LogP contribution in [-0.4, -0.2) is 19.8 Å². The minimum atomic E-state index is -4.64. The van der Waals surface area contributed by atoms with E-state index in [2.05, 4.69) is 26.1 Å². The summed E-state index contributed by atoms with van der Waals surface area (Å²) < 4.78 is 25.6. The molecule has 0 atom stereocenters. The quantitative estimate of drug-likeness (QED) is 0.310. The van der Waals surface area contributed by atoms with Crippen LogP contribution in [-0.2, 0) is 44.8 Å². The Labute approximate surface area is 105 Å². The molecule has 0 spiro atoms. The summed E-state index contributed by atoms with van der Waals surface area (Å²) in [5, 5.41) is 0. The fourth-order valence-electron chi connectivity index (χ4n) is 0.593. The summed E-state index contributed by atoms with van der Waals surface area (Å²) >= 11 is -4.64. The SMILES string of the molecule is CCCO[O][V](=[O])([O]OCCC)[O]OCCC. The first-order valence-electron chi connectivity index (χ1n) is 5.72. The van der Waals surface area contributed by atoms with Crippen LogP contribution in [0.3, 0.4) is 0 Å². The Bertz CT molecular complexity index is 178. The molecule has 0 aliphatic rings. The van der Waals surface area contributed by atoms with Crippen molar-refractivity contribution in [3.05, 3.63) is 0 Å². The number of hydrogen-bond acceptors (Lipinski definition) is 7. The zero-order chi connectivity index (χ0) is 13.0. The number of rotatable bonds is 12. The second-order valence-electron chi connectivity index (χ2n) is 3.14. The van der Waals surface area contributed by atoms with Gasteiger partial charge in [-0.25, -0.2) is 0 Å². The molecule has 0 aromatic heterocycles. The van der Waals surface area contributed by atoms with Crippen LogP contribution in [0.4, 0.5) is 0 Å². The fraction of sp³-hybridized carbons (Fsp3) is 1.00. The molecule has 0 aromatic carbocycles. The summed E-state index contributed by atoms with van der Waals surface area (Å²) in [6, 6.07) is 0. The Hall–Kier alpha value is 0.144. The second-order valence-corrected chi connectivity index (χ2v) is 5.23. The van der Waals surface area contributed by atoms with Crippen molar-refractivity contribution in [3.63, 3.8) is 0 Å². The van der Waals surface area contributed by atoms with Gasteiger partial charge in [0, 0.05) is 0 Å². The third-order valence-electron chi connectivity index (χ3n) is 1.29. The maximum atomic E-state index is 11.9. The van der Waals surface area contributed by atoms with E-state index in [0.29, 0.717) is 19.3 Å². The first-order valence-corrected chi connectivity index (χ1v) is 8.00. The van der Waals surface area contributed by atoms with Crippen molar-refractivity contribution in [2.45, 2.75) is 40.0 Å². The van der Waals surface area contributed by atoms with Gasteiger partial charge in [-0.2, -0.15) is 0 Å². The molecule has 0 rings (SSSR count). The molecular formula is C9H21O7V. The summed E-state index contributed by atoms with van der Waals surface area (Å²) in [5.74, 6) is 0. The van der Waals surface area contributed by atoms with Gasteiger partial charge in [-0.15, -0.1) is 0 Å². The van der Waals surface area contributed by atoms with Crippen molar-refractivity contribution in [2.75, 3.05) is 19.8 Å². The molecule has 0 aliphatic carbocycles. The van der Waals surface area contributed by atoms with Crippen molar-refractivity contribution < 1.29 is 44.8 Å². The van der Waals surface area contributed by atoms with E-state index in [9.17, 15) is 3.67 Å². The zero-order valence-electron chi connectivity index (χ0n) is 10.5. The average Bonchev–Trinajstić information content (AvgIpc) is 2.30. The van der Waals surface area contributed by atoms with Gasteiger partial charge in [0.2, 0.25) is 0 Å². The molecule has 0 heterocycles. The molecule has 104 valence electrons. The summed E-state index contributed by atoms with van der Waals surface area (Å²) in [7, 11) is 0. The standard InChI is InChI=1S/3C3H8O2.O.V/c3*1-2-3-5-4;;/h3*4H,2-3H2,1H3;;/q;;;;+3/p-3. The predicted molar refractivity (Wildman–Crippen MR) is 52.7 cm³/mol. The third kappa shape index (κ3) is 9.81. The molecule has 0 saturated carbocycles. The average molecular weight is 292 g/mol. The molecule has 17 heavy (non-hydrogen) atoms. The molecule has 0 fully saturated rings. The Balaban J connectivity index is 4.00. The Kier molecular flexibility index (Phi) is 11.3. The van der Waals surface area contributed by atoms with Crippen molar-refractivity contribution >= 4 is 0 Å². The van der Waals surface area contributed by atoms with Crippen LogP contribution in [0.25, 0.3) is 0 Å². The van der Waals surface area contributed by atoms with E-state index in [1.54, 1.807) is 0 Å². The molecule has 0 aliphatic heterocycles. The molecule has 0 aromatic rings. The van der Waals surface area contributed by atoms with Crippen molar-refractivity contribution in [1.82, 2.24) is 0 Å². The minimum absolute atomic E-state index is 0.277. The monoisotopic (exact) mass is 292 g/mol. The zero-order valence-corrected chi connectivity index (χ0v) is 11.9. The van der Waals surface area contributed by atoms with E-state index in [1.165, 1.54) is 0 Å². The van der Waals surface area contributed by atoms with Crippen molar-refractivity contribution in [3.8, 4) is 0 Å². The molecule has 8 heteroatoms. The summed E-state index contributed by atoms with van der Waals surface area (Å²) in [6.45, 7) is 6.47. The molecule has 0 saturated heterocycles. The van der Waals surface area contributed by atoms with Gasteiger partial charge in [-0.05, 0) is 0 Å². The Morgan fingerprint density at radius 2 is 1.00 bits per heavy atom. The topological polar surface area (TPSA) is 72.5 Å². The molecule has 0 amide bonds. The van der Waals surface area contributed by atoms with Gasteiger partial charge in [0.05, 0.1) is 0 Å². The fourth-order valence-corrected chi connectivity index (χ4v) is 1.66. The second kappa shape index (κ2) is 11.2. The van der Waals surface area contributed by atoms with E-state index >= 15 is 0 Å². The van der Waals surface area contributed by atoms with Gasteiger partial charge < -0.3 is 0 Å². The van der Waals surface area contributed by atoms with Crippen LogP contribution in [0.5, 0.6) is 0 Å². The third-order valence-corrected chi connectivity index (χ3v) is 2.64. The van der Waals surface area contributed by atoms with Gasteiger partial charge in [0.1, 0.15) is 0 Å². The van der Waals surface area contributed by atoms with Gasteiger partial charge in [-0.3, -0.25) is 0 Å². The summed E-state index contributed by atoms with van der Waals surface area (Å²) in [6.07, 6.45) is 2.13. The molecule has 0 radical (unpaired) electrons. The van der Waals surface area contributed by atoms with Gasteiger partial charge in [0.25, 0.3) is 0 Å². The van der Waals surface area contributed by atoms with Crippen LogP contribution in [0.1, 0.15) is 40.0 Å². The van der Waals surface area contributed by atoms with Crippen LogP contribution < -0.4 is 0 Å². The normalized spacial score (nSPS) is 11.9. The maximum absolute atomic E-state index is 11.9. The van der Waals surface area contributed by atoms with E-state index in [0.717, 1.165) is 0 Å². The molecule has 7 nitrogen and oxygen atoms in total. The van der Waals surface area contributed by atoms with Crippen LogP contribution in [0.2, 0.25) is 0 Å². The number of hydrogen-bond donors (Lipinski definition) is 0. The van der Waals surface area contributed by atoms with Gasteiger partial charge in [-0.1, -0.05) is 0 Å². The first-order chi connectivity index (χ1) is 8.18. The van der Waals surface area contributed by atoms with Gasteiger partial charge in [0.15, 0.2) is 0 Å². The molecule has 0 bridgehead atoms. The Morgan fingerprint density at radius 3 is 1.24 bits per heavy atom. The van der Waals surface area contributed by atoms with Crippen molar-refractivity contribution in [1.29, 1.82) is 0 Å². The van der Waals surface area contributed by atoms with E-state index in [4.69, 9.17) is 0 Å². The van der Waals surface area contributed by atoms with Crippen LogP contribution in [0.15, 0.2) is 0 Å². The van der Waals surface area contributed by atoms with Gasteiger partial charge >= 0.3 is 105 Å². The Morgan fingerprint density at radius 1 is 0.706 bits per heavy atom. The van der Waals surface area contributed by atoms with Crippen LogP contribution >= 0.6 is 0 Å². The van der Waals surface area contributed by atoms with E-state index < -0.39 is 15.0 Å². The van der Waals surface area contributed by atoms with E-state index in [-0.39, 0.29) is 19.8 Å². The van der Waals surface area contributed by atoms with Crippen molar-refractivity contribution in [2.24, 2.45) is 0 Å². The van der Waals surface area contributed by atoms with Crippen LogP contribution in [0, 0.1) is 0 Å². The molecule has 0 N–H and O–H groups in total. The summed E-state index contributed by atoms with van der Waals surface area (Å²) in [5.41, 5.74) is 0. The predicted octanol–water partition coefficient (Wildman–Crippen LogP) is 2.31. The van der Waals surface area contributed by atoms with E-state index in [1.807, 2.05) is 20.8 Å². The first kappa shape index (κ1) is 17.1. The molecule has 0 unspecified atom stereocenters. The molecular weight excluding hydrogens is 271 g/mol. The summed E-state index contributed by atoms with van der Waals surface area (Å²) in [4.78, 5) is 14.0.